The number of carboxylic acid groups (broad SMARTS) is 1. The van der Waals surface area contributed by atoms with E-state index in [0.717, 1.165) is 0 Å². The summed E-state index contributed by atoms with van der Waals surface area (Å²) in [5.74, 6) is -0.784. The molecule has 0 radical (unpaired) electrons. The summed E-state index contributed by atoms with van der Waals surface area (Å²) < 4.78 is 0. The summed E-state index contributed by atoms with van der Waals surface area (Å²) in [6.07, 6.45) is 0.154. The molecule has 0 amide bonds. The Hall–Kier alpha value is -0.610. The predicted molar refractivity (Wildman–Crippen MR) is 29.3 cm³/mol. The quantitative estimate of drug-likeness (QED) is 0.333. The molecular weight excluding hydrogens is 108 g/mol. The van der Waals surface area contributed by atoms with Crippen LogP contribution >= 0.6 is 0 Å². The van der Waals surface area contributed by atoms with Crippen LogP contribution in [0.15, 0.2) is 0 Å². The van der Waals surface area contributed by atoms with Crippen LogP contribution in [-0.4, -0.2) is 24.7 Å². The number of carbonyl (C=O) groups is 1. The van der Waals surface area contributed by atoms with Gasteiger partial charge in [-0.15, -0.1) is 0 Å². The molecule has 3 N–H and O–H groups in total. The normalized spacial score (nSPS) is 9.12. The lowest BCUT2D eigenvalue weighted by atomic mass is 10.4. The van der Waals surface area contributed by atoms with Gasteiger partial charge < -0.3 is 5.11 Å². The van der Waals surface area contributed by atoms with Crippen molar-refractivity contribution in [2.45, 2.75) is 6.42 Å². The number of rotatable bonds is 4. The van der Waals surface area contributed by atoms with Gasteiger partial charge in [-0.3, -0.25) is 15.6 Å². The molecule has 0 aromatic heterocycles. The second-order valence-electron chi connectivity index (χ2n) is 1.32. The molecule has 0 aliphatic heterocycles. The van der Waals surface area contributed by atoms with E-state index in [9.17, 15) is 4.79 Å². The first kappa shape index (κ1) is 7.39. The molecule has 0 saturated heterocycles. The van der Waals surface area contributed by atoms with E-state index in [1.807, 2.05) is 0 Å². The maximum Gasteiger partial charge on any atom is 0.304 e. The largest absolute Gasteiger partial charge is 0.481 e. The minimum atomic E-state index is -0.784. The van der Waals surface area contributed by atoms with Crippen molar-refractivity contribution < 1.29 is 9.90 Å². The van der Waals surface area contributed by atoms with Crippen LogP contribution in [0.2, 0.25) is 0 Å². The standard InChI is InChI=1S/C4H10N2O2/c1-5-6-3-2-4(7)8/h5-6H,2-3H2,1H3,(H,7,8). The van der Waals surface area contributed by atoms with E-state index in [1.165, 1.54) is 0 Å². The van der Waals surface area contributed by atoms with Crippen LogP contribution in [0.1, 0.15) is 6.42 Å². The van der Waals surface area contributed by atoms with Crippen LogP contribution in [0.25, 0.3) is 0 Å². The molecule has 0 aromatic rings. The van der Waals surface area contributed by atoms with Crippen molar-refractivity contribution in [3.05, 3.63) is 0 Å². The molecule has 4 heteroatoms. The Kier molecular flexibility index (Phi) is 4.20. The van der Waals surface area contributed by atoms with Crippen LogP contribution in [0.5, 0.6) is 0 Å². The van der Waals surface area contributed by atoms with E-state index in [0.29, 0.717) is 6.54 Å². The van der Waals surface area contributed by atoms with Crippen LogP contribution in [-0.2, 0) is 4.79 Å². The Bertz CT molecular complexity index is 74.4. The van der Waals surface area contributed by atoms with Crippen LogP contribution < -0.4 is 10.9 Å². The van der Waals surface area contributed by atoms with Crippen molar-refractivity contribution in [1.82, 2.24) is 10.9 Å². The molecule has 0 aliphatic carbocycles. The number of carboxylic acids is 1. The lowest BCUT2D eigenvalue weighted by Gasteiger charge is -1.96. The van der Waals surface area contributed by atoms with Gasteiger partial charge in [0.25, 0.3) is 0 Å². The first-order chi connectivity index (χ1) is 3.77. The van der Waals surface area contributed by atoms with Gasteiger partial charge in [0, 0.05) is 6.54 Å². The Morgan fingerprint density at radius 3 is 2.75 bits per heavy atom. The highest BCUT2D eigenvalue weighted by molar-refractivity contribution is 5.66. The van der Waals surface area contributed by atoms with E-state index in [1.54, 1.807) is 7.05 Å². The third-order valence-electron chi connectivity index (χ3n) is 0.641. The topological polar surface area (TPSA) is 61.4 Å². The zero-order valence-corrected chi connectivity index (χ0v) is 4.77. The molecule has 4 nitrogen and oxygen atoms in total. The van der Waals surface area contributed by atoms with Gasteiger partial charge in [-0.2, -0.15) is 0 Å². The van der Waals surface area contributed by atoms with Gasteiger partial charge in [-0.25, -0.2) is 0 Å². The highest BCUT2D eigenvalue weighted by Crippen LogP contribution is 1.70. The fourth-order valence-corrected chi connectivity index (χ4v) is 0.294. The summed E-state index contributed by atoms with van der Waals surface area (Å²) in [6.45, 7) is 0.464. The summed E-state index contributed by atoms with van der Waals surface area (Å²) in [5, 5.41) is 8.07. The fourth-order valence-electron chi connectivity index (χ4n) is 0.294. The van der Waals surface area contributed by atoms with Gasteiger partial charge in [0.2, 0.25) is 0 Å². The molecule has 0 rings (SSSR count). The summed E-state index contributed by atoms with van der Waals surface area (Å²) in [4.78, 5) is 9.81. The number of hydrogen-bond donors (Lipinski definition) is 3. The summed E-state index contributed by atoms with van der Waals surface area (Å²) in [5.41, 5.74) is 5.26. The average molecular weight is 118 g/mol. The van der Waals surface area contributed by atoms with Crippen molar-refractivity contribution in [2.24, 2.45) is 0 Å². The zero-order chi connectivity index (χ0) is 6.41. The van der Waals surface area contributed by atoms with Crippen LogP contribution in [0, 0.1) is 0 Å². The first-order valence-corrected chi connectivity index (χ1v) is 2.38. The minimum absolute atomic E-state index is 0.154. The molecule has 0 aliphatic rings. The summed E-state index contributed by atoms with van der Waals surface area (Å²) in [6, 6.07) is 0. The third kappa shape index (κ3) is 5.39. The highest BCUT2D eigenvalue weighted by Gasteiger charge is 1.91. The van der Waals surface area contributed by atoms with Crippen molar-refractivity contribution in [2.75, 3.05) is 13.6 Å². The molecule has 0 saturated carbocycles. The first-order valence-electron chi connectivity index (χ1n) is 2.38. The Balaban J connectivity index is 2.82. The van der Waals surface area contributed by atoms with Gasteiger partial charge in [0.05, 0.1) is 6.42 Å². The number of hydrogen-bond acceptors (Lipinski definition) is 3. The molecule has 0 heterocycles. The van der Waals surface area contributed by atoms with E-state index in [2.05, 4.69) is 10.9 Å². The van der Waals surface area contributed by atoms with E-state index in [-0.39, 0.29) is 6.42 Å². The fraction of sp³-hybridized carbons (Fsp3) is 0.750. The van der Waals surface area contributed by atoms with Gasteiger partial charge >= 0.3 is 5.97 Å². The smallest absolute Gasteiger partial charge is 0.304 e. The van der Waals surface area contributed by atoms with Crippen LogP contribution in [0.4, 0.5) is 0 Å². The van der Waals surface area contributed by atoms with Crippen molar-refractivity contribution >= 4 is 5.97 Å². The third-order valence-corrected chi connectivity index (χ3v) is 0.641. The van der Waals surface area contributed by atoms with E-state index < -0.39 is 5.97 Å². The molecule has 0 bridgehead atoms. The summed E-state index contributed by atoms with van der Waals surface area (Å²) >= 11 is 0. The van der Waals surface area contributed by atoms with Gasteiger partial charge in [0.1, 0.15) is 0 Å². The molecule has 0 atom stereocenters. The SMILES string of the molecule is CNNCCC(=O)O. The molecule has 48 valence electrons. The number of hydrazine groups is 1. The molecule has 0 aromatic carbocycles. The molecule has 0 spiro atoms. The predicted octanol–water partition coefficient (Wildman–Crippen LogP) is -0.815. The maximum atomic E-state index is 9.81. The highest BCUT2D eigenvalue weighted by atomic mass is 16.4. The van der Waals surface area contributed by atoms with Crippen molar-refractivity contribution in [1.29, 1.82) is 0 Å². The molecular formula is C4H10N2O2. The lowest BCUT2D eigenvalue weighted by Crippen LogP contribution is -2.29. The van der Waals surface area contributed by atoms with E-state index in [4.69, 9.17) is 5.11 Å². The monoisotopic (exact) mass is 118 g/mol. The number of aliphatic carboxylic acids is 1. The van der Waals surface area contributed by atoms with Gasteiger partial charge in [-0.1, -0.05) is 0 Å². The van der Waals surface area contributed by atoms with E-state index >= 15 is 0 Å². The average Bonchev–Trinajstić information content (AvgIpc) is 1.66. The zero-order valence-electron chi connectivity index (χ0n) is 4.77. The minimum Gasteiger partial charge on any atom is -0.481 e. The Morgan fingerprint density at radius 2 is 2.38 bits per heavy atom. The second-order valence-corrected chi connectivity index (χ2v) is 1.32. The Labute approximate surface area is 47.9 Å². The van der Waals surface area contributed by atoms with Crippen molar-refractivity contribution in [3.63, 3.8) is 0 Å². The molecule has 0 fully saturated rings. The van der Waals surface area contributed by atoms with Gasteiger partial charge in [0.15, 0.2) is 0 Å². The second kappa shape index (κ2) is 4.55. The lowest BCUT2D eigenvalue weighted by molar-refractivity contribution is -0.136. The van der Waals surface area contributed by atoms with Crippen LogP contribution in [0.3, 0.4) is 0 Å². The van der Waals surface area contributed by atoms with Gasteiger partial charge in [-0.05, 0) is 7.05 Å². The molecule has 8 heavy (non-hydrogen) atoms. The Morgan fingerprint density at radius 1 is 1.75 bits per heavy atom. The molecule has 0 unspecified atom stereocenters. The number of nitrogens with one attached hydrogen (secondary N) is 2. The summed E-state index contributed by atoms with van der Waals surface area (Å²) in [7, 11) is 1.70. The van der Waals surface area contributed by atoms with Crippen molar-refractivity contribution in [3.8, 4) is 0 Å². The maximum absolute atomic E-state index is 9.81.